The summed E-state index contributed by atoms with van der Waals surface area (Å²) in [6.07, 6.45) is 0.754. The second kappa shape index (κ2) is 6.17. The first-order valence-electron chi connectivity index (χ1n) is 6.12. The van der Waals surface area contributed by atoms with Crippen LogP contribution in [0.4, 0.5) is 0 Å². The van der Waals surface area contributed by atoms with Gasteiger partial charge in [0.1, 0.15) is 0 Å². The van der Waals surface area contributed by atoms with Crippen molar-refractivity contribution in [2.24, 2.45) is 0 Å². The molecule has 0 N–H and O–H groups in total. The second-order valence-electron chi connectivity index (χ2n) is 4.76. The molecule has 100 valence electrons. The average molecular weight is 314 g/mol. The van der Waals surface area contributed by atoms with Crippen molar-refractivity contribution in [1.82, 2.24) is 0 Å². The van der Waals surface area contributed by atoms with Crippen LogP contribution in [0.25, 0.3) is 0 Å². The third-order valence-electron chi connectivity index (χ3n) is 3.29. The fraction of sp³-hybridized carbons (Fsp3) is 0.250. The van der Waals surface area contributed by atoms with Gasteiger partial charge in [-0.2, -0.15) is 0 Å². The van der Waals surface area contributed by atoms with Crippen LogP contribution in [-0.4, -0.2) is 0 Å². The molecule has 1 unspecified atom stereocenters. The molecule has 0 heterocycles. The largest absolute Gasteiger partial charge is 0.117 e. The molecule has 0 radical (unpaired) electrons. The van der Waals surface area contributed by atoms with Gasteiger partial charge in [-0.15, -0.1) is 11.6 Å². The van der Waals surface area contributed by atoms with Crippen LogP contribution in [0.3, 0.4) is 0 Å². The van der Waals surface area contributed by atoms with E-state index in [1.807, 2.05) is 12.1 Å². The SMILES string of the molecule is Cc1ccc(CC(Cl)c2ccc(Cl)cc2Cl)cc1C. The highest BCUT2D eigenvalue weighted by molar-refractivity contribution is 6.35. The summed E-state index contributed by atoms with van der Waals surface area (Å²) in [7, 11) is 0. The topological polar surface area (TPSA) is 0 Å². The fourth-order valence-electron chi connectivity index (χ4n) is 2.00. The number of rotatable bonds is 3. The van der Waals surface area contributed by atoms with Gasteiger partial charge in [-0.05, 0) is 54.7 Å². The van der Waals surface area contributed by atoms with Crippen molar-refractivity contribution in [1.29, 1.82) is 0 Å². The van der Waals surface area contributed by atoms with Crippen LogP contribution in [0.15, 0.2) is 36.4 Å². The van der Waals surface area contributed by atoms with E-state index in [2.05, 4.69) is 32.0 Å². The van der Waals surface area contributed by atoms with Gasteiger partial charge in [0.15, 0.2) is 0 Å². The zero-order valence-electron chi connectivity index (χ0n) is 10.9. The smallest absolute Gasteiger partial charge is 0.0640 e. The zero-order valence-corrected chi connectivity index (χ0v) is 13.2. The summed E-state index contributed by atoms with van der Waals surface area (Å²) in [5.74, 6) is 0. The van der Waals surface area contributed by atoms with Crippen molar-refractivity contribution in [2.75, 3.05) is 0 Å². The van der Waals surface area contributed by atoms with Crippen LogP contribution < -0.4 is 0 Å². The molecular weight excluding hydrogens is 299 g/mol. The third-order valence-corrected chi connectivity index (χ3v) is 4.24. The normalized spacial score (nSPS) is 12.5. The summed E-state index contributed by atoms with van der Waals surface area (Å²) in [4.78, 5) is 0. The van der Waals surface area contributed by atoms with Crippen LogP contribution in [0.5, 0.6) is 0 Å². The molecule has 0 aromatic heterocycles. The number of hydrogen-bond donors (Lipinski definition) is 0. The van der Waals surface area contributed by atoms with Crippen LogP contribution >= 0.6 is 34.8 Å². The molecule has 2 rings (SSSR count). The molecule has 0 saturated heterocycles. The lowest BCUT2D eigenvalue weighted by Crippen LogP contribution is -1.98. The van der Waals surface area contributed by atoms with Gasteiger partial charge in [0.25, 0.3) is 0 Å². The van der Waals surface area contributed by atoms with E-state index >= 15 is 0 Å². The Morgan fingerprint density at radius 3 is 2.32 bits per heavy atom. The van der Waals surface area contributed by atoms with Gasteiger partial charge < -0.3 is 0 Å². The lowest BCUT2D eigenvalue weighted by Gasteiger charge is -2.13. The Morgan fingerprint density at radius 2 is 1.68 bits per heavy atom. The molecule has 0 bridgehead atoms. The van der Waals surface area contributed by atoms with Crippen molar-refractivity contribution in [2.45, 2.75) is 25.6 Å². The van der Waals surface area contributed by atoms with E-state index in [1.165, 1.54) is 16.7 Å². The van der Waals surface area contributed by atoms with Crippen molar-refractivity contribution in [3.8, 4) is 0 Å². The molecule has 0 spiro atoms. The highest BCUT2D eigenvalue weighted by Gasteiger charge is 2.13. The van der Waals surface area contributed by atoms with Gasteiger partial charge in [-0.25, -0.2) is 0 Å². The fourth-order valence-corrected chi connectivity index (χ4v) is 2.97. The summed E-state index contributed by atoms with van der Waals surface area (Å²) < 4.78 is 0. The van der Waals surface area contributed by atoms with Crippen LogP contribution in [-0.2, 0) is 6.42 Å². The summed E-state index contributed by atoms with van der Waals surface area (Å²) in [5, 5.41) is 1.10. The molecule has 0 saturated carbocycles. The van der Waals surface area contributed by atoms with Crippen LogP contribution in [0.2, 0.25) is 10.0 Å². The van der Waals surface area contributed by atoms with Gasteiger partial charge >= 0.3 is 0 Å². The molecule has 0 amide bonds. The molecule has 2 aromatic carbocycles. The molecule has 0 fully saturated rings. The maximum Gasteiger partial charge on any atom is 0.0640 e. The molecule has 0 aliphatic heterocycles. The predicted octanol–water partition coefficient (Wildman–Crippen LogP) is 6.13. The Morgan fingerprint density at radius 1 is 0.947 bits per heavy atom. The minimum atomic E-state index is -0.146. The van der Waals surface area contributed by atoms with Gasteiger partial charge in [-0.3, -0.25) is 0 Å². The first-order chi connectivity index (χ1) is 8.97. The van der Waals surface area contributed by atoms with E-state index in [0.29, 0.717) is 10.0 Å². The zero-order chi connectivity index (χ0) is 14.0. The number of benzene rings is 2. The van der Waals surface area contributed by atoms with E-state index < -0.39 is 0 Å². The number of halogens is 3. The Hall–Kier alpha value is -0.690. The van der Waals surface area contributed by atoms with Gasteiger partial charge in [-0.1, -0.05) is 47.5 Å². The number of alkyl halides is 1. The van der Waals surface area contributed by atoms with Crippen molar-refractivity contribution < 1.29 is 0 Å². The molecule has 1 atom stereocenters. The molecule has 2 aromatic rings. The average Bonchev–Trinajstić information content (AvgIpc) is 2.33. The highest BCUT2D eigenvalue weighted by atomic mass is 35.5. The van der Waals surface area contributed by atoms with Crippen molar-refractivity contribution in [3.63, 3.8) is 0 Å². The quantitative estimate of drug-likeness (QED) is 0.598. The van der Waals surface area contributed by atoms with Crippen LogP contribution in [0.1, 0.15) is 27.6 Å². The van der Waals surface area contributed by atoms with Gasteiger partial charge in [0.05, 0.1) is 5.38 Å². The van der Waals surface area contributed by atoms with E-state index in [4.69, 9.17) is 34.8 Å². The van der Waals surface area contributed by atoms with Crippen LogP contribution in [0, 0.1) is 13.8 Å². The highest BCUT2D eigenvalue weighted by Crippen LogP contribution is 2.32. The Bertz CT molecular complexity index is 591. The van der Waals surface area contributed by atoms with Gasteiger partial charge in [0.2, 0.25) is 0 Å². The van der Waals surface area contributed by atoms with E-state index in [0.717, 1.165) is 12.0 Å². The molecule has 3 heteroatoms. The molecule has 0 aliphatic carbocycles. The summed E-state index contributed by atoms with van der Waals surface area (Å²) >= 11 is 18.5. The van der Waals surface area contributed by atoms with E-state index in [9.17, 15) is 0 Å². The summed E-state index contributed by atoms with van der Waals surface area (Å²) in [6, 6.07) is 11.9. The lowest BCUT2D eigenvalue weighted by atomic mass is 10.00. The Balaban J connectivity index is 2.20. The minimum Gasteiger partial charge on any atom is -0.117 e. The molecular formula is C16H15Cl3. The first-order valence-corrected chi connectivity index (χ1v) is 7.32. The van der Waals surface area contributed by atoms with E-state index in [-0.39, 0.29) is 5.38 Å². The second-order valence-corrected chi connectivity index (χ2v) is 6.13. The van der Waals surface area contributed by atoms with Crippen molar-refractivity contribution >= 4 is 34.8 Å². The maximum absolute atomic E-state index is 6.46. The summed E-state index contributed by atoms with van der Waals surface area (Å²) in [5.41, 5.74) is 4.71. The number of hydrogen-bond acceptors (Lipinski definition) is 0. The molecule has 19 heavy (non-hydrogen) atoms. The van der Waals surface area contributed by atoms with Crippen molar-refractivity contribution in [3.05, 3.63) is 68.7 Å². The molecule has 0 nitrogen and oxygen atoms in total. The standard InChI is InChI=1S/C16H15Cl3/c1-10-3-4-12(7-11(10)2)8-15(18)14-6-5-13(17)9-16(14)19/h3-7,9,15H,8H2,1-2H3. The summed E-state index contributed by atoms with van der Waals surface area (Å²) in [6.45, 7) is 4.21. The lowest BCUT2D eigenvalue weighted by molar-refractivity contribution is 0.917. The van der Waals surface area contributed by atoms with E-state index in [1.54, 1.807) is 6.07 Å². The van der Waals surface area contributed by atoms with Gasteiger partial charge in [0, 0.05) is 10.0 Å². The maximum atomic E-state index is 6.46. The Labute approximate surface area is 129 Å². The third kappa shape index (κ3) is 3.66. The molecule has 0 aliphatic rings. The Kier molecular flexibility index (Phi) is 4.78. The first kappa shape index (κ1) is 14.7. The monoisotopic (exact) mass is 312 g/mol. The minimum absolute atomic E-state index is 0.146. The predicted molar refractivity (Wildman–Crippen MR) is 84.7 cm³/mol. The number of aryl methyl sites for hydroxylation is 2.